The number of amides is 1. The average Bonchev–Trinajstić information content (AvgIpc) is 3.20. The molecule has 3 N–H and O–H groups in total. The first-order valence-corrected chi connectivity index (χ1v) is 11.9. The first kappa shape index (κ1) is 25.0. The molecule has 36 heavy (non-hydrogen) atoms. The van der Waals surface area contributed by atoms with E-state index < -0.39 is 0 Å². The minimum absolute atomic E-state index is 0.00510. The van der Waals surface area contributed by atoms with Crippen LogP contribution in [0.5, 0.6) is 0 Å². The van der Waals surface area contributed by atoms with Crippen LogP contribution >= 0.6 is 0 Å². The molecule has 2 heterocycles. The highest BCUT2D eigenvalue weighted by atomic mass is 19.1. The maximum absolute atomic E-state index is 13.7. The highest BCUT2D eigenvalue weighted by Crippen LogP contribution is 2.22. The first-order chi connectivity index (χ1) is 17.1. The van der Waals surface area contributed by atoms with Gasteiger partial charge in [0.2, 0.25) is 11.9 Å². The highest BCUT2D eigenvalue weighted by Gasteiger charge is 2.16. The Labute approximate surface area is 210 Å². The zero-order chi connectivity index (χ0) is 25.9. The van der Waals surface area contributed by atoms with E-state index in [1.165, 1.54) is 12.1 Å². The Balaban J connectivity index is 1.54. The summed E-state index contributed by atoms with van der Waals surface area (Å²) in [5, 5.41) is 6.73. The number of halogens is 1. The summed E-state index contributed by atoms with van der Waals surface area (Å²) in [5.41, 5.74) is 5.07. The van der Waals surface area contributed by atoms with Crippen molar-refractivity contribution in [1.29, 1.82) is 0 Å². The number of H-pyrrole nitrogens is 1. The van der Waals surface area contributed by atoms with Gasteiger partial charge in [-0.1, -0.05) is 32.9 Å². The molecule has 2 aromatic heterocycles. The number of hydrogen-bond acceptors (Lipinski definition) is 4. The maximum atomic E-state index is 13.7. The van der Waals surface area contributed by atoms with Crippen molar-refractivity contribution >= 4 is 28.7 Å². The van der Waals surface area contributed by atoms with Crippen LogP contribution in [0.25, 0.3) is 10.9 Å². The number of aryl methyl sites for hydroxylation is 2. The normalized spacial score (nSPS) is 12.1. The number of carbonyl (C=O) groups excluding carboxylic acids is 1. The molecule has 0 radical (unpaired) electrons. The summed E-state index contributed by atoms with van der Waals surface area (Å²) >= 11 is 0. The number of hydrogen-bond donors (Lipinski definition) is 3. The predicted octanol–water partition coefficient (Wildman–Crippen LogP) is 5.45. The standard InChI is InChI=1S/C28H31FN6O/c1-17-14-18(2)33-27(32-17)35-26(34-25(36)19-6-8-21(9-7-19)28(3,4)5)30-13-12-20-16-31-24-11-10-22(29)15-23(20)24/h6-11,14-16,31H,12-13H2,1-5H3,(H2,30,32,33,34,35,36). The van der Waals surface area contributed by atoms with Crippen LogP contribution in [0.2, 0.25) is 0 Å². The van der Waals surface area contributed by atoms with Crippen LogP contribution in [0, 0.1) is 19.7 Å². The van der Waals surface area contributed by atoms with Crippen LogP contribution in [0.15, 0.2) is 59.7 Å². The van der Waals surface area contributed by atoms with E-state index >= 15 is 0 Å². The lowest BCUT2D eigenvalue weighted by atomic mass is 9.87. The molecule has 0 saturated carbocycles. The Morgan fingerprint density at radius 1 is 1.03 bits per heavy atom. The molecule has 0 saturated heterocycles. The monoisotopic (exact) mass is 486 g/mol. The third kappa shape index (κ3) is 6.13. The average molecular weight is 487 g/mol. The van der Waals surface area contributed by atoms with Gasteiger partial charge in [0.15, 0.2) is 0 Å². The fourth-order valence-electron chi connectivity index (χ4n) is 3.94. The second kappa shape index (κ2) is 10.3. The second-order valence-electron chi connectivity index (χ2n) is 9.86. The predicted molar refractivity (Wildman–Crippen MR) is 142 cm³/mol. The van der Waals surface area contributed by atoms with Crippen molar-refractivity contribution in [1.82, 2.24) is 20.3 Å². The largest absolute Gasteiger partial charge is 0.361 e. The number of guanidine groups is 1. The first-order valence-electron chi connectivity index (χ1n) is 11.9. The van der Waals surface area contributed by atoms with E-state index in [0.29, 0.717) is 24.5 Å². The number of nitrogens with zero attached hydrogens (tertiary/aromatic N) is 3. The van der Waals surface area contributed by atoms with Crippen LogP contribution in [-0.2, 0) is 11.8 Å². The summed E-state index contributed by atoms with van der Waals surface area (Å²) in [5.74, 6) is 0.0193. The molecule has 0 aliphatic carbocycles. The van der Waals surface area contributed by atoms with Crippen LogP contribution in [0.3, 0.4) is 0 Å². The van der Waals surface area contributed by atoms with Crippen molar-refractivity contribution in [2.75, 3.05) is 11.9 Å². The Kier molecular flexibility index (Phi) is 7.15. The minimum atomic E-state index is -0.291. The number of aromatic nitrogens is 3. The van der Waals surface area contributed by atoms with Gasteiger partial charge in [-0.25, -0.2) is 14.4 Å². The van der Waals surface area contributed by atoms with E-state index in [1.54, 1.807) is 18.2 Å². The zero-order valence-corrected chi connectivity index (χ0v) is 21.2. The third-order valence-corrected chi connectivity index (χ3v) is 5.84. The number of aliphatic imine (C=N–C) groups is 1. The quantitative estimate of drug-likeness (QED) is 0.258. The fraction of sp³-hybridized carbons (Fsp3) is 0.286. The number of fused-ring (bicyclic) bond motifs is 1. The summed E-state index contributed by atoms with van der Waals surface area (Å²) in [4.78, 5) is 29.6. The minimum Gasteiger partial charge on any atom is -0.361 e. The summed E-state index contributed by atoms with van der Waals surface area (Å²) in [6, 6.07) is 14.1. The number of carbonyl (C=O) groups is 1. The molecule has 8 heteroatoms. The summed E-state index contributed by atoms with van der Waals surface area (Å²) < 4.78 is 13.7. The summed E-state index contributed by atoms with van der Waals surface area (Å²) in [6.45, 7) is 10.5. The Hall–Kier alpha value is -4.07. The summed E-state index contributed by atoms with van der Waals surface area (Å²) in [7, 11) is 0. The molecule has 0 bridgehead atoms. The molecular formula is C28H31FN6O. The molecule has 4 aromatic rings. The van der Waals surface area contributed by atoms with E-state index in [0.717, 1.165) is 33.4 Å². The van der Waals surface area contributed by atoms with E-state index in [-0.39, 0.29) is 23.1 Å². The molecule has 0 fully saturated rings. The van der Waals surface area contributed by atoms with Gasteiger partial charge in [0.25, 0.3) is 5.91 Å². The van der Waals surface area contributed by atoms with Crippen LogP contribution in [0.1, 0.15) is 53.6 Å². The Bertz CT molecular complexity index is 1400. The van der Waals surface area contributed by atoms with Crippen molar-refractivity contribution in [2.45, 2.75) is 46.5 Å². The van der Waals surface area contributed by atoms with E-state index in [9.17, 15) is 9.18 Å². The SMILES string of the molecule is Cc1cc(C)nc(NC(=NCCc2c[nH]c3ccc(F)cc23)NC(=O)c2ccc(C(C)(C)C)cc2)n1. The smallest absolute Gasteiger partial charge is 0.257 e. The van der Waals surface area contributed by atoms with Gasteiger partial charge in [0.1, 0.15) is 5.82 Å². The molecule has 2 aromatic carbocycles. The van der Waals surface area contributed by atoms with Crippen molar-refractivity contribution in [3.05, 3.63) is 88.6 Å². The molecule has 7 nitrogen and oxygen atoms in total. The lowest BCUT2D eigenvalue weighted by molar-refractivity contribution is 0.0977. The second-order valence-corrected chi connectivity index (χ2v) is 9.86. The molecule has 0 spiro atoms. The van der Waals surface area contributed by atoms with Crippen molar-refractivity contribution in [3.63, 3.8) is 0 Å². The number of aromatic amines is 1. The van der Waals surface area contributed by atoms with Crippen LogP contribution in [-0.4, -0.2) is 33.4 Å². The lowest BCUT2D eigenvalue weighted by Crippen LogP contribution is -2.37. The molecule has 4 rings (SSSR count). The molecule has 0 atom stereocenters. The maximum Gasteiger partial charge on any atom is 0.257 e. The lowest BCUT2D eigenvalue weighted by Gasteiger charge is -2.19. The molecule has 0 aliphatic rings. The van der Waals surface area contributed by atoms with Crippen molar-refractivity contribution < 1.29 is 9.18 Å². The third-order valence-electron chi connectivity index (χ3n) is 5.84. The molecule has 0 unspecified atom stereocenters. The Morgan fingerprint density at radius 2 is 1.72 bits per heavy atom. The molecular weight excluding hydrogens is 455 g/mol. The van der Waals surface area contributed by atoms with Gasteiger partial charge in [0, 0.05) is 40.6 Å². The number of rotatable bonds is 5. The van der Waals surface area contributed by atoms with Gasteiger partial charge >= 0.3 is 0 Å². The van der Waals surface area contributed by atoms with Crippen LogP contribution < -0.4 is 10.6 Å². The van der Waals surface area contributed by atoms with Gasteiger partial charge in [-0.15, -0.1) is 0 Å². The van der Waals surface area contributed by atoms with E-state index in [1.807, 2.05) is 38.2 Å². The fourth-order valence-corrected chi connectivity index (χ4v) is 3.94. The van der Waals surface area contributed by atoms with Gasteiger partial charge < -0.3 is 4.98 Å². The molecule has 1 amide bonds. The topological polar surface area (TPSA) is 95.1 Å². The van der Waals surface area contributed by atoms with Crippen molar-refractivity contribution in [3.8, 4) is 0 Å². The summed E-state index contributed by atoms with van der Waals surface area (Å²) in [6.07, 6.45) is 2.41. The van der Waals surface area contributed by atoms with Crippen LogP contribution in [0.4, 0.5) is 10.3 Å². The van der Waals surface area contributed by atoms with Gasteiger partial charge in [0.05, 0.1) is 0 Å². The van der Waals surface area contributed by atoms with Gasteiger partial charge in [-0.3, -0.25) is 20.4 Å². The molecule has 186 valence electrons. The van der Waals surface area contributed by atoms with E-state index in [4.69, 9.17) is 0 Å². The van der Waals surface area contributed by atoms with Crippen molar-refractivity contribution in [2.24, 2.45) is 4.99 Å². The Morgan fingerprint density at radius 3 is 2.39 bits per heavy atom. The van der Waals surface area contributed by atoms with Gasteiger partial charge in [-0.05, 0) is 73.2 Å². The highest BCUT2D eigenvalue weighted by molar-refractivity contribution is 6.09. The molecule has 0 aliphatic heterocycles. The number of anilines is 1. The number of benzene rings is 2. The zero-order valence-electron chi connectivity index (χ0n) is 21.2. The number of nitrogens with one attached hydrogen (secondary N) is 3. The van der Waals surface area contributed by atoms with Gasteiger partial charge in [-0.2, -0.15) is 0 Å². The van der Waals surface area contributed by atoms with E-state index in [2.05, 4.69) is 51.3 Å².